The van der Waals surface area contributed by atoms with Gasteiger partial charge in [0.05, 0.1) is 7.11 Å². The second-order valence-corrected chi connectivity index (χ2v) is 5.41. The molecule has 0 heterocycles. The number of likely N-dealkylation sites (N-methyl/N-ethyl adjacent to an activating group) is 1. The van der Waals surface area contributed by atoms with Gasteiger partial charge in [-0.1, -0.05) is 35.9 Å². The zero-order valence-corrected chi connectivity index (χ0v) is 13.2. The highest BCUT2D eigenvalue weighted by molar-refractivity contribution is 6.31. The number of nitrogens with one attached hydrogen (secondary N) is 1. The van der Waals surface area contributed by atoms with Crippen LogP contribution in [-0.2, 0) is 6.42 Å². The number of hydrogen-bond acceptors (Lipinski definition) is 2. The molecule has 2 aromatic rings. The van der Waals surface area contributed by atoms with E-state index in [9.17, 15) is 4.39 Å². The number of halogens is 2. The maximum atomic E-state index is 14.3. The summed E-state index contributed by atoms with van der Waals surface area (Å²) in [5.41, 5.74) is 2.67. The molecule has 0 aliphatic carbocycles. The summed E-state index contributed by atoms with van der Waals surface area (Å²) in [5.74, 6) is -0.0548. The molecule has 0 aliphatic rings. The molecule has 0 spiro atoms. The Morgan fingerprint density at radius 1 is 1.29 bits per heavy atom. The van der Waals surface area contributed by atoms with E-state index >= 15 is 0 Å². The highest BCUT2D eigenvalue weighted by atomic mass is 35.5. The van der Waals surface area contributed by atoms with Crippen LogP contribution in [0.1, 0.15) is 22.7 Å². The number of methoxy groups -OCH3 is 1. The molecule has 21 heavy (non-hydrogen) atoms. The summed E-state index contributed by atoms with van der Waals surface area (Å²) >= 11 is 6.31. The second-order valence-electron chi connectivity index (χ2n) is 5.00. The van der Waals surface area contributed by atoms with Crippen molar-refractivity contribution in [1.29, 1.82) is 0 Å². The van der Waals surface area contributed by atoms with Crippen molar-refractivity contribution in [2.24, 2.45) is 0 Å². The highest BCUT2D eigenvalue weighted by Crippen LogP contribution is 2.29. The van der Waals surface area contributed by atoms with E-state index in [-0.39, 0.29) is 17.6 Å². The Labute approximate surface area is 129 Å². The van der Waals surface area contributed by atoms with Crippen LogP contribution < -0.4 is 10.1 Å². The molecule has 0 saturated heterocycles. The van der Waals surface area contributed by atoms with Gasteiger partial charge in [-0.25, -0.2) is 4.39 Å². The molecule has 0 fully saturated rings. The van der Waals surface area contributed by atoms with E-state index in [0.29, 0.717) is 17.0 Å². The second kappa shape index (κ2) is 6.92. The van der Waals surface area contributed by atoms with E-state index in [1.165, 1.54) is 7.11 Å². The monoisotopic (exact) mass is 307 g/mol. The van der Waals surface area contributed by atoms with E-state index in [0.717, 1.165) is 11.1 Å². The third kappa shape index (κ3) is 3.55. The van der Waals surface area contributed by atoms with Gasteiger partial charge >= 0.3 is 0 Å². The molecule has 0 radical (unpaired) electrons. The Morgan fingerprint density at radius 2 is 2.05 bits per heavy atom. The summed E-state index contributed by atoms with van der Waals surface area (Å²) in [6.45, 7) is 1.99. The number of rotatable bonds is 5. The molecular formula is C17H19ClFNO. The molecular weight excluding hydrogens is 289 g/mol. The lowest BCUT2D eigenvalue weighted by Crippen LogP contribution is -2.20. The van der Waals surface area contributed by atoms with Gasteiger partial charge in [-0.2, -0.15) is 0 Å². The zero-order chi connectivity index (χ0) is 15.4. The number of ether oxygens (including phenoxy) is 1. The van der Waals surface area contributed by atoms with Crippen LogP contribution in [-0.4, -0.2) is 14.2 Å². The van der Waals surface area contributed by atoms with Crippen molar-refractivity contribution < 1.29 is 9.13 Å². The van der Waals surface area contributed by atoms with Gasteiger partial charge in [0, 0.05) is 11.1 Å². The van der Waals surface area contributed by atoms with E-state index in [2.05, 4.69) is 5.32 Å². The highest BCUT2D eigenvalue weighted by Gasteiger charge is 2.17. The molecule has 112 valence electrons. The van der Waals surface area contributed by atoms with E-state index in [4.69, 9.17) is 16.3 Å². The first-order chi connectivity index (χ1) is 10.1. The van der Waals surface area contributed by atoms with E-state index < -0.39 is 0 Å². The fraction of sp³-hybridized carbons (Fsp3) is 0.294. The lowest BCUT2D eigenvalue weighted by atomic mass is 9.97. The summed E-state index contributed by atoms with van der Waals surface area (Å²) in [6.07, 6.45) is 0.502. The van der Waals surface area contributed by atoms with Crippen LogP contribution in [0.5, 0.6) is 5.75 Å². The Balaban J connectivity index is 2.31. The third-order valence-corrected chi connectivity index (χ3v) is 3.89. The van der Waals surface area contributed by atoms with Crippen molar-refractivity contribution in [2.75, 3.05) is 14.2 Å². The van der Waals surface area contributed by atoms with E-state index in [1.807, 2.05) is 32.2 Å². The third-order valence-electron chi connectivity index (χ3n) is 3.57. The van der Waals surface area contributed by atoms with Crippen molar-refractivity contribution in [3.05, 3.63) is 63.9 Å². The summed E-state index contributed by atoms with van der Waals surface area (Å²) in [4.78, 5) is 0. The normalized spacial score (nSPS) is 12.2. The van der Waals surface area contributed by atoms with Gasteiger partial charge < -0.3 is 10.1 Å². The van der Waals surface area contributed by atoms with Gasteiger partial charge in [0.15, 0.2) is 11.6 Å². The SMILES string of the molecule is CNC(Cc1cccc(OC)c1F)c1ccc(C)cc1Cl. The van der Waals surface area contributed by atoms with Gasteiger partial charge in [-0.05, 0) is 49.2 Å². The fourth-order valence-corrected chi connectivity index (χ4v) is 2.74. The van der Waals surface area contributed by atoms with Gasteiger partial charge in [-0.3, -0.25) is 0 Å². The molecule has 2 aromatic carbocycles. The van der Waals surface area contributed by atoms with Gasteiger partial charge in [-0.15, -0.1) is 0 Å². The molecule has 0 bridgehead atoms. The lowest BCUT2D eigenvalue weighted by Gasteiger charge is -2.19. The Hall–Kier alpha value is -1.58. The fourth-order valence-electron chi connectivity index (χ4n) is 2.37. The first kappa shape index (κ1) is 15.8. The molecule has 2 rings (SSSR count). The molecule has 4 heteroatoms. The molecule has 0 amide bonds. The molecule has 1 unspecified atom stereocenters. The average Bonchev–Trinajstić information content (AvgIpc) is 2.47. The maximum absolute atomic E-state index is 14.3. The summed E-state index contributed by atoms with van der Waals surface area (Å²) < 4.78 is 19.3. The first-order valence-corrected chi connectivity index (χ1v) is 7.19. The van der Waals surface area contributed by atoms with Crippen LogP contribution in [0.2, 0.25) is 5.02 Å². The lowest BCUT2D eigenvalue weighted by molar-refractivity contribution is 0.383. The van der Waals surface area contributed by atoms with Crippen molar-refractivity contribution in [3.8, 4) is 5.75 Å². The van der Waals surface area contributed by atoms with Crippen LogP contribution in [0.3, 0.4) is 0 Å². The van der Waals surface area contributed by atoms with Crippen LogP contribution in [0.15, 0.2) is 36.4 Å². The number of aryl methyl sites for hydroxylation is 1. The molecule has 0 saturated carbocycles. The van der Waals surface area contributed by atoms with Crippen LogP contribution in [0.4, 0.5) is 4.39 Å². The zero-order valence-electron chi connectivity index (χ0n) is 12.4. The van der Waals surface area contributed by atoms with Crippen molar-refractivity contribution >= 4 is 11.6 Å². The van der Waals surface area contributed by atoms with Crippen molar-refractivity contribution in [2.45, 2.75) is 19.4 Å². The molecule has 2 nitrogen and oxygen atoms in total. The molecule has 0 aromatic heterocycles. The van der Waals surface area contributed by atoms with Crippen molar-refractivity contribution in [3.63, 3.8) is 0 Å². The summed E-state index contributed by atoms with van der Waals surface area (Å²) in [7, 11) is 3.31. The predicted molar refractivity (Wildman–Crippen MR) is 84.6 cm³/mol. The minimum absolute atomic E-state index is 0.0558. The summed E-state index contributed by atoms with van der Waals surface area (Å²) in [5, 5.41) is 3.89. The molecule has 1 N–H and O–H groups in total. The van der Waals surface area contributed by atoms with Crippen LogP contribution >= 0.6 is 11.6 Å². The van der Waals surface area contributed by atoms with Gasteiger partial charge in [0.25, 0.3) is 0 Å². The Bertz CT molecular complexity index is 630. The predicted octanol–water partition coefficient (Wildman–Crippen LogP) is 4.30. The topological polar surface area (TPSA) is 21.3 Å². The van der Waals surface area contributed by atoms with E-state index in [1.54, 1.807) is 18.2 Å². The first-order valence-electron chi connectivity index (χ1n) is 6.81. The Morgan fingerprint density at radius 3 is 2.67 bits per heavy atom. The standard InChI is InChI=1S/C17H19ClFNO/c1-11-7-8-13(14(18)9-11)15(20-2)10-12-5-4-6-16(21-3)17(12)19/h4-9,15,20H,10H2,1-3H3. The van der Waals surface area contributed by atoms with Crippen molar-refractivity contribution in [1.82, 2.24) is 5.32 Å². The molecule has 1 atom stereocenters. The summed E-state index contributed by atoms with van der Waals surface area (Å²) in [6, 6.07) is 11.0. The van der Waals surface area contributed by atoms with Crippen LogP contribution in [0.25, 0.3) is 0 Å². The minimum Gasteiger partial charge on any atom is -0.494 e. The van der Waals surface area contributed by atoms with Gasteiger partial charge in [0.2, 0.25) is 0 Å². The van der Waals surface area contributed by atoms with Gasteiger partial charge in [0.1, 0.15) is 0 Å². The number of benzene rings is 2. The Kier molecular flexibility index (Phi) is 5.21. The minimum atomic E-state index is -0.316. The number of hydrogen-bond donors (Lipinski definition) is 1. The largest absolute Gasteiger partial charge is 0.494 e. The quantitative estimate of drug-likeness (QED) is 0.889. The average molecular weight is 308 g/mol. The molecule has 0 aliphatic heterocycles. The van der Waals surface area contributed by atoms with Crippen LogP contribution in [0, 0.1) is 12.7 Å². The maximum Gasteiger partial charge on any atom is 0.168 e. The smallest absolute Gasteiger partial charge is 0.168 e.